The highest BCUT2D eigenvalue weighted by Crippen LogP contribution is 2.44. The fraction of sp³-hybridized carbons (Fsp3) is 0.185. The minimum absolute atomic E-state index is 0.255. The third-order valence-electron chi connectivity index (χ3n) is 6.27. The van der Waals surface area contributed by atoms with E-state index in [9.17, 15) is 52.8 Å². The Labute approximate surface area is 274 Å². The molecule has 3 N–H and O–H groups in total. The van der Waals surface area contributed by atoms with E-state index in [1.54, 1.807) is 0 Å². The number of anilines is 1. The summed E-state index contributed by atoms with van der Waals surface area (Å²) < 4.78 is 119. The number of non-ortho nitro benzene ring substituents is 1. The van der Waals surface area contributed by atoms with Gasteiger partial charge in [-0.3, -0.25) is 14.8 Å². The number of nitro benzene ring substituents is 1. The van der Waals surface area contributed by atoms with Gasteiger partial charge in [0, 0.05) is 34.7 Å². The van der Waals surface area contributed by atoms with Crippen LogP contribution in [-0.2, 0) is 40.1 Å². The van der Waals surface area contributed by atoms with Crippen LogP contribution in [0.4, 0.5) is 26.6 Å². The van der Waals surface area contributed by atoms with Gasteiger partial charge in [0.05, 0.1) is 26.1 Å². The third-order valence-corrected chi connectivity index (χ3v) is 11.3. The van der Waals surface area contributed by atoms with Crippen LogP contribution in [0.3, 0.4) is 0 Å². The van der Waals surface area contributed by atoms with E-state index in [-0.39, 0.29) is 16.5 Å². The summed E-state index contributed by atoms with van der Waals surface area (Å²) >= 11 is 0. The topological polar surface area (TPSA) is 249 Å². The number of nitro groups is 1. The van der Waals surface area contributed by atoms with E-state index in [0.29, 0.717) is 6.07 Å². The number of halogens is 1. The zero-order chi connectivity index (χ0) is 36.0. The first-order valence-corrected chi connectivity index (χ1v) is 19.5. The molecule has 0 saturated carbocycles. The first-order chi connectivity index (χ1) is 21.9. The van der Waals surface area contributed by atoms with Crippen LogP contribution in [0.15, 0.2) is 96.5 Å². The summed E-state index contributed by atoms with van der Waals surface area (Å²) in [6.45, 7) is 4.59. The Balaban J connectivity index is 2.02. The quantitative estimate of drug-likeness (QED) is 0.0860. The molecule has 4 rings (SSSR count). The van der Waals surface area contributed by atoms with Crippen LogP contribution < -0.4 is 9.44 Å². The average Bonchev–Trinajstić information content (AvgIpc) is 2.94. The predicted octanol–water partition coefficient (Wildman–Crippen LogP) is 4.81. The zero-order valence-corrected chi connectivity index (χ0v) is 28.5. The first-order valence-electron chi connectivity index (χ1n) is 13.2. The van der Waals surface area contributed by atoms with Crippen LogP contribution in [0.2, 0.25) is 0 Å². The van der Waals surface area contributed by atoms with E-state index in [4.69, 9.17) is 0 Å². The van der Waals surface area contributed by atoms with Crippen molar-refractivity contribution in [3.63, 3.8) is 0 Å². The Kier molecular flexibility index (Phi) is 9.42. The highest BCUT2D eigenvalue weighted by Gasteiger charge is 2.29. The number of phenols is 1. The number of fused-ring (bicyclic) bond motifs is 1. The Hall–Kier alpha value is -4.57. The molecule has 21 heteroatoms. The second-order valence-corrected chi connectivity index (χ2v) is 17.9. The Morgan fingerprint density at radius 2 is 1.40 bits per heavy atom. The number of sulfone groups is 1. The summed E-state index contributed by atoms with van der Waals surface area (Å²) in [4.78, 5) is 7.49. The highest BCUT2D eigenvalue weighted by molar-refractivity contribution is 7.93. The molecule has 48 heavy (non-hydrogen) atoms. The number of hydrogen-bond donors (Lipinski definition) is 3. The van der Waals surface area contributed by atoms with Crippen molar-refractivity contribution in [3.8, 4) is 5.75 Å². The second kappa shape index (κ2) is 12.5. The molecule has 0 aliphatic heterocycles. The van der Waals surface area contributed by atoms with Crippen molar-refractivity contribution in [3.05, 3.63) is 76.8 Å². The van der Waals surface area contributed by atoms with Crippen molar-refractivity contribution >= 4 is 73.6 Å². The van der Waals surface area contributed by atoms with E-state index in [1.165, 1.54) is 39.0 Å². The molecule has 0 aliphatic carbocycles. The van der Waals surface area contributed by atoms with Gasteiger partial charge >= 0.3 is 10.2 Å². The van der Waals surface area contributed by atoms with Gasteiger partial charge in [-0.2, -0.15) is 8.42 Å². The maximum Gasteiger partial charge on any atom is 0.332 e. The molecular formula is C27H26FN5O11S4. The highest BCUT2D eigenvalue weighted by atomic mass is 32.3. The van der Waals surface area contributed by atoms with Crippen molar-refractivity contribution in [2.75, 3.05) is 11.0 Å². The van der Waals surface area contributed by atoms with Crippen LogP contribution >= 0.6 is 0 Å². The lowest BCUT2D eigenvalue weighted by Gasteiger charge is -2.22. The number of hydrogen-bond acceptors (Lipinski definition) is 13. The number of benzene rings is 4. The largest absolute Gasteiger partial charge is 0.506 e. The Bertz CT molecular complexity index is 2460. The van der Waals surface area contributed by atoms with Crippen LogP contribution in [0, 0.1) is 10.1 Å². The molecule has 0 spiro atoms. The Morgan fingerprint density at radius 3 is 1.98 bits per heavy atom. The molecule has 0 unspecified atom stereocenters. The van der Waals surface area contributed by atoms with Gasteiger partial charge in [0.1, 0.15) is 21.2 Å². The third kappa shape index (κ3) is 7.93. The summed E-state index contributed by atoms with van der Waals surface area (Å²) in [6, 6.07) is 10.5. The van der Waals surface area contributed by atoms with Crippen molar-refractivity contribution in [2.45, 2.75) is 45.9 Å². The molecule has 0 fully saturated rings. The minimum atomic E-state index is -5.29. The van der Waals surface area contributed by atoms with E-state index in [2.05, 4.69) is 19.7 Å². The van der Waals surface area contributed by atoms with Crippen LogP contribution in [0.1, 0.15) is 20.8 Å². The van der Waals surface area contributed by atoms with Gasteiger partial charge < -0.3 is 5.11 Å². The number of rotatable bonds is 10. The molecule has 16 nitrogen and oxygen atoms in total. The van der Waals surface area contributed by atoms with E-state index < -0.39 is 93.0 Å². The molecule has 0 atom stereocenters. The summed E-state index contributed by atoms with van der Waals surface area (Å²) in [6.07, 6.45) is 0.764. The number of aromatic hydroxyl groups is 1. The minimum Gasteiger partial charge on any atom is -0.506 e. The molecule has 4 aromatic rings. The summed E-state index contributed by atoms with van der Waals surface area (Å²) in [5, 5.41) is 29.8. The Morgan fingerprint density at radius 1 is 0.792 bits per heavy atom. The molecule has 0 aliphatic rings. The van der Waals surface area contributed by atoms with Gasteiger partial charge in [-0.15, -0.1) is 14.1 Å². The molecule has 0 saturated heterocycles. The monoisotopic (exact) mass is 743 g/mol. The fourth-order valence-corrected chi connectivity index (χ4v) is 8.42. The maximum absolute atomic E-state index is 13.6. The van der Waals surface area contributed by atoms with E-state index in [1.807, 2.05) is 0 Å². The van der Waals surface area contributed by atoms with Crippen LogP contribution in [-0.4, -0.2) is 55.5 Å². The fourth-order valence-electron chi connectivity index (χ4n) is 4.35. The van der Waals surface area contributed by atoms with E-state index >= 15 is 0 Å². The lowest BCUT2D eigenvalue weighted by Crippen LogP contribution is -2.40. The lowest BCUT2D eigenvalue weighted by molar-refractivity contribution is -0.385. The number of azo groups is 1. The molecule has 256 valence electrons. The first kappa shape index (κ1) is 36.3. The SMILES string of the molecule is CC(C)(C)NS(=O)(=O)c1cc(/N=N/c2ccc([N+](=O)[O-])cc2S(C)(=O)=O)c2c(NS(=O)(=O)c3cccc(S(=O)(=O)F)c3)cccc2c1O. The number of nitrogens with zero attached hydrogens (tertiary/aromatic N) is 3. The molecule has 4 aromatic carbocycles. The predicted molar refractivity (Wildman–Crippen MR) is 172 cm³/mol. The maximum atomic E-state index is 13.6. The standard InChI is InChI=1S/C27H26FN5O11S4/c1-27(2,3)32-48(43,44)24-15-22(30-29-20-12-11-16(33(35)36)13-23(20)45(4,37)38)25-19(26(24)34)9-6-10-21(25)31-47(41,42)18-8-5-7-17(14-18)46(28,39)40/h5-15,31-32,34H,1-4H3/b30-29+. The lowest BCUT2D eigenvalue weighted by atomic mass is 10.1. The van der Waals surface area contributed by atoms with Gasteiger partial charge in [-0.1, -0.05) is 18.2 Å². The van der Waals surface area contributed by atoms with Crippen LogP contribution in [0.5, 0.6) is 5.75 Å². The normalized spacial score (nSPS) is 13.2. The van der Waals surface area contributed by atoms with Gasteiger partial charge in [0.15, 0.2) is 9.84 Å². The summed E-state index contributed by atoms with van der Waals surface area (Å²) in [7, 11) is -18.6. The molecule has 0 heterocycles. The van der Waals surface area contributed by atoms with Crippen molar-refractivity contribution in [1.29, 1.82) is 0 Å². The van der Waals surface area contributed by atoms with Crippen molar-refractivity contribution in [2.24, 2.45) is 10.2 Å². The van der Waals surface area contributed by atoms with Gasteiger partial charge in [-0.05, 0) is 57.2 Å². The molecule has 0 radical (unpaired) electrons. The molecule has 0 amide bonds. The second-order valence-electron chi connectivity index (χ2n) is 11.2. The van der Waals surface area contributed by atoms with Crippen molar-refractivity contribution in [1.82, 2.24) is 4.72 Å². The van der Waals surface area contributed by atoms with Gasteiger partial charge in [-0.25, -0.2) is 30.0 Å². The number of phenolic OH excluding ortho intramolecular Hbond substituents is 1. The smallest absolute Gasteiger partial charge is 0.332 e. The molecule has 0 bridgehead atoms. The summed E-state index contributed by atoms with van der Waals surface area (Å²) in [5.74, 6) is -0.834. The summed E-state index contributed by atoms with van der Waals surface area (Å²) in [5.41, 5.74) is -2.78. The number of nitrogens with one attached hydrogen (secondary N) is 2. The van der Waals surface area contributed by atoms with Crippen molar-refractivity contribution < 1.29 is 47.6 Å². The molecular weight excluding hydrogens is 718 g/mol. The van der Waals surface area contributed by atoms with E-state index in [0.717, 1.165) is 48.7 Å². The van der Waals surface area contributed by atoms with Crippen LogP contribution in [0.25, 0.3) is 10.8 Å². The zero-order valence-electron chi connectivity index (χ0n) is 25.2. The average molecular weight is 744 g/mol. The van der Waals surface area contributed by atoms with Gasteiger partial charge in [0.25, 0.3) is 15.7 Å². The molecule has 0 aromatic heterocycles. The number of sulfonamides is 2. The van der Waals surface area contributed by atoms with Gasteiger partial charge in [0.2, 0.25) is 10.0 Å².